The van der Waals surface area contributed by atoms with E-state index < -0.39 is 0 Å². The number of hydrogen-bond acceptors (Lipinski definition) is 3. The lowest BCUT2D eigenvalue weighted by Gasteiger charge is -2.18. The van der Waals surface area contributed by atoms with E-state index in [4.69, 9.17) is 5.41 Å². The van der Waals surface area contributed by atoms with Crippen LogP contribution in [0.25, 0.3) is 0 Å². The number of hydrogen-bond donors (Lipinski definition) is 1. The first-order valence-electron chi connectivity index (χ1n) is 5.23. The number of rotatable bonds is 4. The standard InChI is InChI=1S/C12H14N2O2/c1-16-12(15)9-3-2-4-11(7-9)14(8-13)10-5-6-10/h2-4,7-8,10,13H,5-6H2,1H3. The largest absolute Gasteiger partial charge is 0.465 e. The molecule has 1 N–H and O–H groups in total. The van der Waals surface area contributed by atoms with Crippen LogP contribution in [0, 0.1) is 5.41 Å². The van der Waals surface area contributed by atoms with Gasteiger partial charge in [-0.05, 0) is 31.0 Å². The molecule has 0 saturated heterocycles. The molecule has 1 aliphatic rings. The maximum atomic E-state index is 11.4. The number of anilines is 1. The Labute approximate surface area is 94.3 Å². The molecule has 0 bridgehead atoms. The molecule has 1 aromatic carbocycles. The molecule has 0 unspecified atom stereocenters. The molecule has 84 valence electrons. The molecule has 1 fully saturated rings. The monoisotopic (exact) mass is 218 g/mol. The minimum absolute atomic E-state index is 0.345. The molecule has 1 aromatic rings. The van der Waals surface area contributed by atoms with Crippen molar-refractivity contribution in [1.82, 2.24) is 0 Å². The van der Waals surface area contributed by atoms with E-state index in [0.717, 1.165) is 18.5 Å². The molecule has 2 rings (SSSR count). The van der Waals surface area contributed by atoms with Crippen molar-refractivity contribution < 1.29 is 9.53 Å². The Balaban J connectivity index is 2.26. The molecular weight excluding hydrogens is 204 g/mol. The van der Waals surface area contributed by atoms with E-state index in [9.17, 15) is 4.79 Å². The molecule has 0 amide bonds. The maximum Gasteiger partial charge on any atom is 0.337 e. The van der Waals surface area contributed by atoms with Crippen molar-refractivity contribution in [2.45, 2.75) is 18.9 Å². The lowest BCUT2D eigenvalue weighted by Crippen LogP contribution is -2.23. The van der Waals surface area contributed by atoms with Crippen molar-refractivity contribution in [2.75, 3.05) is 12.0 Å². The summed E-state index contributed by atoms with van der Waals surface area (Å²) in [6, 6.07) is 7.60. The smallest absolute Gasteiger partial charge is 0.337 e. The number of carbonyl (C=O) groups excluding carboxylic acids is 1. The van der Waals surface area contributed by atoms with Gasteiger partial charge in [0.1, 0.15) is 0 Å². The summed E-state index contributed by atoms with van der Waals surface area (Å²) in [7, 11) is 1.37. The second-order valence-electron chi connectivity index (χ2n) is 3.81. The summed E-state index contributed by atoms with van der Waals surface area (Å²) in [5.74, 6) is -0.345. The zero-order valence-corrected chi connectivity index (χ0v) is 9.14. The SMILES string of the molecule is COC(=O)c1cccc(N(C=N)C2CC2)c1. The predicted molar refractivity (Wildman–Crippen MR) is 62.1 cm³/mol. The molecule has 4 heteroatoms. The van der Waals surface area contributed by atoms with Crippen LogP contribution in [0.5, 0.6) is 0 Å². The summed E-state index contributed by atoms with van der Waals surface area (Å²) in [5.41, 5.74) is 1.40. The number of benzene rings is 1. The van der Waals surface area contributed by atoms with Crippen molar-refractivity contribution in [3.8, 4) is 0 Å². The zero-order chi connectivity index (χ0) is 11.5. The molecule has 0 aliphatic heterocycles. The van der Waals surface area contributed by atoms with E-state index in [0.29, 0.717) is 11.6 Å². The Morgan fingerprint density at radius 2 is 2.31 bits per heavy atom. The second-order valence-corrected chi connectivity index (χ2v) is 3.81. The number of carbonyl (C=O) groups is 1. The van der Waals surface area contributed by atoms with Gasteiger partial charge < -0.3 is 9.64 Å². The van der Waals surface area contributed by atoms with E-state index >= 15 is 0 Å². The normalized spacial score (nSPS) is 14.3. The highest BCUT2D eigenvalue weighted by Gasteiger charge is 2.28. The van der Waals surface area contributed by atoms with Crippen LogP contribution in [0.2, 0.25) is 0 Å². The molecule has 1 aliphatic carbocycles. The molecular formula is C12H14N2O2. The van der Waals surface area contributed by atoms with Gasteiger partial charge in [-0.3, -0.25) is 5.41 Å². The van der Waals surface area contributed by atoms with Gasteiger partial charge in [0.15, 0.2) is 0 Å². The van der Waals surface area contributed by atoms with Crippen LogP contribution in [0.3, 0.4) is 0 Å². The highest BCUT2D eigenvalue weighted by molar-refractivity contribution is 5.91. The van der Waals surface area contributed by atoms with Crippen LogP contribution in [0.1, 0.15) is 23.2 Å². The average molecular weight is 218 g/mol. The van der Waals surface area contributed by atoms with Crippen molar-refractivity contribution in [3.05, 3.63) is 29.8 Å². The fourth-order valence-electron chi connectivity index (χ4n) is 1.65. The van der Waals surface area contributed by atoms with Gasteiger partial charge in [0.05, 0.1) is 19.0 Å². The van der Waals surface area contributed by atoms with Crippen LogP contribution >= 0.6 is 0 Å². The Hall–Kier alpha value is -1.84. The molecule has 16 heavy (non-hydrogen) atoms. The van der Waals surface area contributed by atoms with E-state index in [2.05, 4.69) is 4.74 Å². The van der Waals surface area contributed by atoms with Gasteiger partial charge in [0.25, 0.3) is 0 Å². The highest BCUT2D eigenvalue weighted by Crippen LogP contribution is 2.30. The third-order valence-electron chi connectivity index (χ3n) is 2.64. The summed E-state index contributed by atoms with van der Waals surface area (Å²) in [6.07, 6.45) is 3.53. The quantitative estimate of drug-likeness (QED) is 0.478. The van der Waals surface area contributed by atoms with Crippen molar-refractivity contribution in [1.29, 1.82) is 5.41 Å². The summed E-state index contributed by atoms with van der Waals surface area (Å²) in [6.45, 7) is 0. The Kier molecular flexibility index (Phi) is 2.90. The Bertz CT molecular complexity index is 413. The van der Waals surface area contributed by atoms with Gasteiger partial charge in [-0.25, -0.2) is 4.79 Å². The van der Waals surface area contributed by atoms with Crippen LogP contribution < -0.4 is 4.90 Å². The highest BCUT2D eigenvalue weighted by atomic mass is 16.5. The first-order valence-corrected chi connectivity index (χ1v) is 5.23. The molecule has 1 saturated carbocycles. The van der Waals surface area contributed by atoms with E-state index in [1.165, 1.54) is 13.4 Å². The van der Waals surface area contributed by atoms with Crippen LogP contribution in [-0.4, -0.2) is 25.5 Å². The maximum absolute atomic E-state index is 11.4. The first-order chi connectivity index (χ1) is 7.76. The van der Waals surface area contributed by atoms with Gasteiger partial charge >= 0.3 is 5.97 Å². The summed E-state index contributed by atoms with van der Waals surface area (Å²) in [4.78, 5) is 13.2. The zero-order valence-electron chi connectivity index (χ0n) is 9.14. The second kappa shape index (κ2) is 4.35. The minimum Gasteiger partial charge on any atom is -0.465 e. The molecule has 0 atom stereocenters. The number of ether oxygens (including phenoxy) is 1. The number of methoxy groups -OCH3 is 1. The molecule has 0 spiro atoms. The first kappa shape index (κ1) is 10.7. The van der Waals surface area contributed by atoms with Crippen molar-refractivity contribution in [3.63, 3.8) is 0 Å². The molecule has 0 heterocycles. The van der Waals surface area contributed by atoms with Crippen LogP contribution in [0.15, 0.2) is 24.3 Å². The minimum atomic E-state index is -0.345. The Morgan fingerprint density at radius 3 is 2.88 bits per heavy atom. The van der Waals surface area contributed by atoms with Gasteiger partial charge in [-0.15, -0.1) is 0 Å². The summed E-state index contributed by atoms with van der Waals surface area (Å²) >= 11 is 0. The lowest BCUT2D eigenvalue weighted by molar-refractivity contribution is 0.0601. The van der Waals surface area contributed by atoms with Gasteiger partial charge in [0.2, 0.25) is 0 Å². The van der Waals surface area contributed by atoms with Gasteiger partial charge in [-0.2, -0.15) is 0 Å². The average Bonchev–Trinajstić information content (AvgIpc) is 3.14. The fourth-order valence-corrected chi connectivity index (χ4v) is 1.65. The lowest BCUT2D eigenvalue weighted by atomic mass is 10.2. The van der Waals surface area contributed by atoms with E-state index in [1.807, 2.05) is 11.0 Å². The fraction of sp³-hybridized carbons (Fsp3) is 0.333. The van der Waals surface area contributed by atoms with E-state index in [1.54, 1.807) is 18.2 Å². The topological polar surface area (TPSA) is 53.4 Å². The molecule has 4 nitrogen and oxygen atoms in total. The molecule has 0 aromatic heterocycles. The summed E-state index contributed by atoms with van der Waals surface area (Å²) in [5, 5.41) is 7.38. The number of nitrogens with zero attached hydrogens (tertiary/aromatic N) is 1. The molecule has 0 radical (unpaired) electrons. The Morgan fingerprint density at radius 1 is 1.56 bits per heavy atom. The van der Waals surface area contributed by atoms with E-state index in [-0.39, 0.29) is 5.97 Å². The predicted octanol–water partition coefficient (Wildman–Crippen LogP) is 2.05. The summed E-state index contributed by atoms with van der Waals surface area (Å²) < 4.78 is 4.67. The third kappa shape index (κ3) is 2.05. The van der Waals surface area contributed by atoms with Crippen LogP contribution in [0.4, 0.5) is 5.69 Å². The van der Waals surface area contributed by atoms with Crippen molar-refractivity contribution >= 4 is 18.0 Å². The van der Waals surface area contributed by atoms with Gasteiger partial charge in [-0.1, -0.05) is 6.07 Å². The third-order valence-corrected chi connectivity index (χ3v) is 2.64. The number of esters is 1. The van der Waals surface area contributed by atoms with Crippen LogP contribution in [-0.2, 0) is 4.74 Å². The number of nitrogens with one attached hydrogen (secondary N) is 1. The van der Waals surface area contributed by atoms with Crippen molar-refractivity contribution in [2.24, 2.45) is 0 Å². The van der Waals surface area contributed by atoms with Gasteiger partial charge in [0, 0.05) is 11.7 Å².